The van der Waals surface area contributed by atoms with E-state index in [0.29, 0.717) is 19.5 Å². The molecule has 0 rings (SSSR count). The Morgan fingerprint density at radius 1 is 1.38 bits per heavy atom. The minimum atomic E-state index is -1.04. The van der Waals surface area contributed by atoms with E-state index in [0.717, 1.165) is 0 Å². The fourth-order valence-corrected chi connectivity index (χ4v) is 1.13. The zero-order chi connectivity index (χ0) is 12.8. The summed E-state index contributed by atoms with van der Waals surface area (Å²) >= 11 is 0. The van der Waals surface area contributed by atoms with Crippen LogP contribution in [0.2, 0.25) is 0 Å². The van der Waals surface area contributed by atoms with Crippen molar-refractivity contribution in [1.29, 1.82) is 0 Å². The molecule has 0 aliphatic rings. The maximum Gasteiger partial charge on any atom is 0.326 e. The maximum absolute atomic E-state index is 11.4. The van der Waals surface area contributed by atoms with Gasteiger partial charge in [-0.05, 0) is 18.4 Å². The van der Waals surface area contributed by atoms with Gasteiger partial charge in [-0.2, -0.15) is 0 Å². The molecule has 0 radical (unpaired) electrons. The molecule has 6 heteroatoms. The number of hydrogen-bond donors (Lipinski definition) is 4. The molecule has 0 spiro atoms. The SMILES string of the molecule is CC(C)(C)[C@H](NC(=O)NCCCN)C(=O)O. The van der Waals surface area contributed by atoms with Gasteiger partial charge in [-0.15, -0.1) is 0 Å². The van der Waals surface area contributed by atoms with Gasteiger partial charge in [0.25, 0.3) is 0 Å². The Kier molecular flexibility index (Phi) is 5.81. The number of aliphatic carboxylic acids is 1. The van der Waals surface area contributed by atoms with Crippen molar-refractivity contribution in [3.63, 3.8) is 0 Å². The van der Waals surface area contributed by atoms with E-state index in [9.17, 15) is 9.59 Å². The third kappa shape index (κ3) is 5.55. The fourth-order valence-electron chi connectivity index (χ4n) is 1.13. The van der Waals surface area contributed by atoms with E-state index in [2.05, 4.69) is 10.6 Å². The standard InChI is InChI=1S/C10H21N3O3/c1-10(2,3)7(8(14)15)13-9(16)12-6-4-5-11/h7H,4-6,11H2,1-3H3,(H,14,15)(H2,12,13,16)/t7-/m1/s1. The van der Waals surface area contributed by atoms with Gasteiger partial charge in [0.15, 0.2) is 0 Å². The van der Waals surface area contributed by atoms with Crippen molar-refractivity contribution in [2.24, 2.45) is 11.1 Å². The molecule has 16 heavy (non-hydrogen) atoms. The topological polar surface area (TPSA) is 104 Å². The number of carbonyl (C=O) groups excluding carboxylic acids is 1. The van der Waals surface area contributed by atoms with Crippen LogP contribution in [-0.4, -0.2) is 36.2 Å². The number of nitrogens with two attached hydrogens (primary N) is 1. The van der Waals surface area contributed by atoms with Gasteiger partial charge in [0.05, 0.1) is 0 Å². The first-order valence-corrected chi connectivity index (χ1v) is 5.26. The van der Waals surface area contributed by atoms with Crippen LogP contribution < -0.4 is 16.4 Å². The van der Waals surface area contributed by atoms with E-state index in [-0.39, 0.29) is 0 Å². The van der Waals surface area contributed by atoms with Crippen LogP contribution in [0.3, 0.4) is 0 Å². The average molecular weight is 231 g/mol. The quantitative estimate of drug-likeness (QED) is 0.505. The number of rotatable bonds is 5. The second kappa shape index (κ2) is 6.32. The van der Waals surface area contributed by atoms with Crippen LogP contribution in [-0.2, 0) is 4.79 Å². The number of amides is 2. The van der Waals surface area contributed by atoms with Crippen molar-refractivity contribution in [2.75, 3.05) is 13.1 Å². The number of hydrogen-bond acceptors (Lipinski definition) is 3. The lowest BCUT2D eigenvalue weighted by molar-refractivity contribution is -0.141. The molecule has 0 heterocycles. The van der Waals surface area contributed by atoms with E-state index in [1.165, 1.54) is 0 Å². The predicted molar refractivity (Wildman–Crippen MR) is 61.1 cm³/mol. The van der Waals surface area contributed by atoms with Gasteiger partial charge in [-0.25, -0.2) is 9.59 Å². The molecular formula is C10H21N3O3. The van der Waals surface area contributed by atoms with Crippen LogP contribution in [0.1, 0.15) is 27.2 Å². The minimum Gasteiger partial charge on any atom is -0.480 e. The summed E-state index contributed by atoms with van der Waals surface area (Å²) in [6.07, 6.45) is 0.667. The van der Waals surface area contributed by atoms with Crippen molar-refractivity contribution >= 4 is 12.0 Å². The summed E-state index contributed by atoms with van der Waals surface area (Å²) < 4.78 is 0. The molecule has 6 nitrogen and oxygen atoms in total. The summed E-state index contributed by atoms with van der Waals surface area (Å²) in [4.78, 5) is 22.3. The highest BCUT2D eigenvalue weighted by atomic mass is 16.4. The normalized spacial score (nSPS) is 13.0. The van der Waals surface area contributed by atoms with Gasteiger partial charge in [-0.3, -0.25) is 0 Å². The first-order valence-electron chi connectivity index (χ1n) is 5.26. The van der Waals surface area contributed by atoms with Gasteiger partial charge < -0.3 is 21.5 Å². The number of carboxylic acids is 1. The molecule has 94 valence electrons. The van der Waals surface area contributed by atoms with Crippen LogP contribution in [0.15, 0.2) is 0 Å². The molecular weight excluding hydrogens is 210 g/mol. The van der Waals surface area contributed by atoms with E-state index < -0.39 is 23.5 Å². The summed E-state index contributed by atoms with van der Waals surface area (Å²) in [5, 5.41) is 13.9. The lowest BCUT2D eigenvalue weighted by atomic mass is 9.87. The predicted octanol–water partition coefficient (Wildman–Crippen LogP) is 0.134. The number of nitrogens with one attached hydrogen (secondary N) is 2. The monoisotopic (exact) mass is 231 g/mol. The van der Waals surface area contributed by atoms with Crippen LogP contribution >= 0.6 is 0 Å². The summed E-state index contributed by atoms with van der Waals surface area (Å²) in [6.45, 7) is 6.20. The highest BCUT2D eigenvalue weighted by Crippen LogP contribution is 2.19. The van der Waals surface area contributed by atoms with Gasteiger partial charge in [0, 0.05) is 6.54 Å². The Balaban J connectivity index is 4.21. The molecule has 0 unspecified atom stereocenters. The van der Waals surface area contributed by atoms with Crippen LogP contribution in [0.25, 0.3) is 0 Å². The fraction of sp³-hybridized carbons (Fsp3) is 0.800. The van der Waals surface area contributed by atoms with E-state index >= 15 is 0 Å². The van der Waals surface area contributed by atoms with E-state index in [1.807, 2.05) is 0 Å². The zero-order valence-corrected chi connectivity index (χ0v) is 10.0. The van der Waals surface area contributed by atoms with Gasteiger partial charge in [0.1, 0.15) is 6.04 Å². The lowest BCUT2D eigenvalue weighted by Gasteiger charge is -2.27. The molecule has 1 atom stereocenters. The largest absolute Gasteiger partial charge is 0.480 e. The maximum atomic E-state index is 11.4. The summed E-state index contributed by atoms with van der Waals surface area (Å²) in [7, 11) is 0. The molecule has 0 aromatic heterocycles. The number of carbonyl (C=O) groups is 2. The summed E-state index contributed by atoms with van der Waals surface area (Å²) in [5.74, 6) is -1.04. The molecule has 0 aliphatic carbocycles. The molecule has 2 amide bonds. The molecule has 0 aromatic rings. The van der Waals surface area contributed by atoms with Crippen molar-refractivity contribution in [3.05, 3.63) is 0 Å². The first kappa shape index (κ1) is 14.7. The Morgan fingerprint density at radius 2 is 1.94 bits per heavy atom. The summed E-state index contributed by atoms with van der Waals surface area (Å²) in [5.41, 5.74) is 4.74. The molecule has 0 aliphatic heterocycles. The Labute approximate surface area is 95.6 Å². The highest BCUT2D eigenvalue weighted by molar-refractivity contribution is 5.83. The molecule has 0 saturated heterocycles. The number of urea groups is 1. The Hall–Kier alpha value is -1.30. The highest BCUT2D eigenvalue weighted by Gasteiger charge is 2.32. The van der Waals surface area contributed by atoms with Crippen LogP contribution in [0.4, 0.5) is 4.79 Å². The van der Waals surface area contributed by atoms with E-state index in [1.54, 1.807) is 20.8 Å². The van der Waals surface area contributed by atoms with E-state index in [4.69, 9.17) is 10.8 Å². The third-order valence-electron chi connectivity index (χ3n) is 2.05. The summed E-state index contributed by atoms with van der Waals surface area (Å²) in [6, 6.07) is -1.39. The Morgan fingerprint density at radius 3 is 2.31 bits per heavy atom. The van der Waals surface area contributed by atoms with Crippen molar-refractivity contribution in [3.8, 4) is 0 Å². The van der Waals surface area contributed by atoms with Crippen molar-refractivity contribution in [1.82, 2.24) is 10.6 Å². The zero-order valence-electron chi connectivity index (χ0n) is 10.0. The van der Waals surface area contributed by atoms with Crippen LogP contribution in [0, 0.1) is 5.41 Å². The van der Waals surface area contributed by atoms with Gasteiger partial charge >= 0.3 is 12.0 Å². The molecule has 0 fully saturated rings. The van der Waals surface area contributed by atoms with Gasteiger partial charge in [0.2, 0.25) is 0 Å². The lowest BCUT2D eigenvalue weighted by Crippen LogP contribution is -2.52. The second-order valence-electron chi connectivity index (χ2n) is 4.68. The van der Waals surface area contributed by atoms with Crippen LogP contribution in [0.5, 0.6) is 0 Å². The molecule has 0 bridgehead atoms. The first-order chi connectivity index (χ1) is 7.29. The van der Waals surface area contributed by atoms with Crippen molar-refractivity contribution < 1.29 is 14.7 Å². The Bertz CT molecular complexity index is 248. The minimum absolute atomic E-state index is 0.443. The molecule has 5 N–H and O–H groups in total. The molecule has 0 saturated carbocycles. The third-order valence-corrected chi connectivity index (χ3v) is 2.05. The van der Waals surface area contributed by atoms with Gasteiger partial charge in [-0.1, -0.05) is 20.8 Å². The second-order valence-corrected chi connectivity index (χ2v) is 4.68. The smallest absolute Gasteiger partial charge is 0.326 e. The average Bonchev–Trinajstić information content (AvgIpc) is 2.12. The van der Waals surface area contributed by atoms with Crippen molar-refractivity contribution in [2.45, 2.75) is 33.2 Å². The number of carboxylic acid groups (broad SMARTS) is 1. The molecule has 0 aromatic carbocycles.